The Morgan fingerprint density at radius 1 is 0.692 bits per heavy atom. The molecular formula is C23H16N2O. The maximum Gasteiger partial charge on any atom is 0.178 e. The summed E-state index contributed by atoms with van der Waals surface area (Å²) in [5.74, 6) is 0.813. The van der Waals surface area contributed by atoms with Gasteiger partial charge in [0.1, 0.15) is 5.75 Å². The first kappa shape index (κ1) is 14.8. The lowest BCUT2D eigenvalue weighted by Gasteiger charge is -2.36. The molecule has 0 saturated carbocycles. The summed E-state index contributed by atoms with van der Waals surface area (Å²) in [5.41, 5.74) is 4.21. The van der Waals surface area contributed by atoms with Crippen molar-refractivity contribution in [2.75, 3.05) is 0 Å². The van der Waals surface area contributed by atoms with Crippen molar-refractivity contribution in [1.82, 2.24) is 9.97 Å². The van der Waals surface area contributed by atoms with Gasteiger partial charge in [-0.15, -0.1) is 0 Å². The molecule has 0 bridgehead atoms. The molecule has 0 N–H and O–H groups in total. The van der Waals surface area contributed by atoms with E-state index in [1.807, 2.05) is 48.5 Å². The number of hydrogen-bond donors (Lipinski definition) is 0. The summed E-state index contributed by atoms with van der Waals surface area (Å²) in [4.78, 5) is 8.88. The third-order valence-electron chi connectivity index (χ3n) is 4.80. The van der Waals surface area contributed by atoms with Crippen LogP contribution >= 0.6 is 0 Å². The van der Waals surface area contributed by atoms with Crippen molar-refractivity contribution in [2.24, 2.45) is 0 Å². The molecule has 0 spiro atoms. The van der Waals surface area contributed by atoms with Crippen molar-refractivity contribution >= 4 is 17.1 Å². The molecule has 124 valence electrons. The van der Waals surface area contributed by atoms with Crippen molar-refractivity contribution in [3.05, 3.63) is 108 Å². The van der Waals surface area contributed by atoms with Crippen LogP contribution in [-0.4, -0.2) is 9.97 Å². The van der Waals surface area contributed by atoms with Crippen LogP contribution < -0.4 is 4.74 Å². The Balaban J connectivity index is 1.75. The van der Waals surface area contributed by atoms with Gasteiger partial charge in [0, 0.05) is 29.1 Å². The lowest BCUT2D eigenvalue weighted by Crippen LogP contribution is -2.34. The number of rotatable bonds is 2. The Hall–Kier alpha value is -3.46. The van der Waals surface area contributed by atoms with E-state index >= 15 is 0 Å². The molecular weight excluding hydrogens is 320 g/mol. The quantitative estimate of drug-likeness (QED) is 0.518. The summed E-state index contributed by atoms with van der Waals surface area (Å²) in [6.45, 7) is 0. The molecule has 0 aliphatic carbocycles. The van der Waals surface area contributed by atoms with Crippen LogP contribution in [0, 0.1) is 0 Å². The minimum Gasteiger partial charge on any atom is -0.473 e. The second-order valence-corrected chi connectivity index (χ2v) is 6.30. The molecule has 1 aliphatic heterocycles. The van der Waals surface area contributed by atoms with E-state index in [1.165, 1.54) is 0 Å². The van der Waals surface area contributed by atoms with Crippen LogP contribution in [0.3, 0.4) is 0 Å². The Bertz CT molecular complexity index is 1070. The molecule has 26 heavy (non-hydrogen) atoms. The minimum atomic E-state index is -0.661. The molecule has 0 amide bonds. The Morgan fingerprint density at radius 2 is 1.35 bits per heavy atom. The molecule has 0 saturated heterocycles. The standard InChI is InChI=1S/C23H16N2O/c1-3-7-17(8-4-1)23(18-9-5-2-6-10-18)14-13-19-21(26-23)12-11-20-22(19)25-16-15-24-20/h1-16H. The number of aromatic nitrogens is 2. The van der Waals surface area contributed by atoms with E-state index in [-0.39, 0.29) is 0 Å². The highest BCUT2D eigenvalue weighted by molar-refractivity contribution is 5.88. The van der Waals surface area contributed by atoms with Gasteiger partial charge < -0.3 is 4.74 Å². The molecule has 3 heteroatoms. The van der Waals surface area contributed by atoms with Gasteiger partial charge in [0.25, 0.3) is 0 Å². The van der Waals surface area contributed by atoms with Crippen LogP contribution in [0.1, 0.15) is 16.7 Å². The fourth-order valence-corrected chi connectivity index (χ4v) is 3.55. The van der Waals surface area contributed by atoms with Crippen molar-refractivity contribution in [3.8, 4) is 5.75 Å². The maximum absolute atomic E-state index is 6.65. The summed E-state index contributed by atoms with van der Waals surface area (Å²) in [5, 5.41) is 0. The maximum atomic E-state index is 6.65. The summed E-state index contributed by atoms with van der Waals surface area (Å²) in [6, 6.07) is 24.5. The van der Waals surface area contributed by atoms with Crippen LogP contribution in [0.25, 0.3) is 17.1 Å². The predicted molar refractivity (Wildman–Crippen MR) is 103 cm³/mol. The van der Waals surface area contributed by atoms with Gasteiger partial charge in [0.15, 0.2) is 5.60 Å². The zero-order valence-electron chi connectivity index (χ0n) is 14.0. The largest absolute Gasteiger partial charge is 0.473 e. The third-order valence-corrected chi connectivity index (χ3v) is 4.80. The van der Waals surface area contributed by atoms with Gasteiger partial charge in [-0.2, -0.15) is 0 Å². The van der Waals surface area contributed by atoms with Gasteiger partial charge in [0.05, 0.1) is 11.0 Å². The molecule has 4 aromatic rings. The monoisotopic (exact) mass is 336 g/mol. The molecule has 0 atom stereocenters. The average molecular weight is 336 g/mol. The molecule has 5 rings (SSSR count). The zero-order valence-corrected chi connectivity index (χ0v) is 14.0. The van der Waals surface area contributed by atoms with Gasteiger partial charge in [-0.05, 0) is 24.3 Å². The molecule has 0 radical (unpaired) electrons. The van der Waals surface area contributed by atoms with Gasteiger partial charge in [-0.1, -0.05) is 60.7 Å². The van der Waals surface area contributed by atoms with Gasteiger partial charge in [-0.25, -0.2) is 0 Å². The lowest BCUT2D eigenvalue weighted by molar-refractivity contribution is 0.161. The number of nitrogens with zero attached hydrogens (tertiary/aromatic N) is 2. The Morgan fingerprint density at radius 3 is 2.04 bits per heavy atom. The van der Waals surface area contributed by atoms with Gasteiger partial charge in [-0.3, -0.25) is 9.97 Å². The normalized spacial score (nSPS) is 14.6. The van der Waals surface area contributed by atoms with E-state index in [9.17, 15) is 0 Å². The SMILES string of the molecule is C1=CC(c2ccccc2)(c2ccccc2)Oc2ccc3nccnc3c21. The Kier molecular flexibility index (Phi) is 3.32. The van der Waals surface area contributed by atoms with Crippen molar-refractivity contribution in [2.45, 2.75) is 5.60 Å². The summed E-state index contributed by atoms with van der Waals surface area (Å²) in [6.07, 6.45) is 7.65. The van der Waals surface area contributed by atoms with E-state index in [4.69, 9.17) is 4.74 Å². The summed E-state index contributed by atoms with van der Waals surface area (Å²) < 4.78 is 6.65. The van der Waals surface area contributed by atoms with E-state index in [0.29, 0.717) is 0 Å². The molecule has 0 fully saturated rings. The minimum absolute atomic E-state index is 0.661. The smallest absolute Gasteiger partial charge is 0.178 e. The van der Waals surface area contributed by atoms with Crippen LogP contribution in [0.4, 0.5) is 0 Å². The van der Waals surface area contributed by atoms with E-state index in [1.54, 1.807) is 12.4 Å². The molecule has 1 aliphatic rings. The fourth-order valence-electron chi connectivity index (χ4n) is 3.55. The third kappa shape index (κ3) is 2.21. The van der Waals surface area contributed by atoms with Crippen LogP contribution in [0.5, 0.6) is 5.75 Å². The molecule has 2 heterocycles. The zero-order chi connectivity index (χ0) is 17.4. The molecule has 0 unspecified atom stereocenters. The average Bonchev–Trinajstić information content (AvgIpc) is 2.74. The second-order valence-electron chi connectivity index (χ2n) is 6.30. The second kappa shape index (κ2) is 5.81. The Labute approximate surface area is 151 Å². The summed E-state index contributed by atoms with van der Waals surface area (Å²) in [7, 11) is 0. The van der Waals surface area contributed by atoms with Crippen molar-refractivity contribution in [3.63, 3.8) is 0 Å². The number of ether oxygens (including phenoxy) is 1. The highest BCUT2D eigenvalue weighted by Crippen LogP contribution is 2.43. The van der Waals surface area contributed by atoms with Crippen LogP contribution in [-0.2, 0) is 5.60 Å². The highest BCUT2D eigenvalue weighted by atomic mass is 16.5. The van der Waals surface area contributed by atoms with Crippen molar-refractivity contribution < 1.29 is 4.74 Å². The predicted octanol–water partition coefficient (Wildman–Crippen LogP) is 4.98. The molecule has 1 aromatic heterocycles. The first-order valence-electron chi connectivity index (χ1n) is 8.60. The van der Waals surface area contributed by atoms with E-state index in [2.05, 4.69) is 46.4 Å². The first-order valence-corrected chi connectivity index (χ1v) is 8.60. The van der Waals surface area contributed by atoms with Crippen LogP contribution in [0.15, 0.2) is 91.3 Å². The molecule has 3 nitrogen and oxygen atoms in total. The topological polar surface area (TPSA) is 35.0 Å². The fraction of sp³-hybridized carbons (Fsp3) is 0.0435. The first-order chi connectivity index (χ1) is 12.9. The highest BCUT2D eigenvalue weighted by Gasteiger charge is 2.37. The number of hydrogen-bond acceptors (Lipinski definition) is 3. The van der Waals surface area contributed by atoms with Gasteiger partial charge in [0.2, 0.25) is 0 Å². The van der Waals surface area contributed by atoms with E-state index < -0.39 is 5.60 Å². The van der Waals surface area contributed by atoms with Gasteiger partial charge >= 0.3 is 0 Å². The van der Waals surface area contributed by atoms with E-state index in [0.717, 1.165) is 33.5 Å². The molecule has 3 aromatic carbocycles. The summed E-state index contributed by atoms with van der Waals surface area (Å²) >= 11 is 0. The van der Waals surface area contributed by atoms with Crippen molar-refractivity contribution in [1.29, 1.82) is 0 Å². The lowest BCUT2D eigenvalue weighted by atomic mass is 9.83. The number of fused-ring (bicyclic) bond motifs is 3. The van der Waals surface area contributed by atoms with Crippen LogP contribution in [0.2, 0.25) is 0 Å². The number of benzene rings is 3.